The molecular weight excluding hydrogens is 805 g/mol. The lowest BCUT2D eigenvalue weighted by Crippen LogP contribution is -2.11. The largest absolute Gasteiger partial charge is 0.497 e. The van der Waals surface area contributed by atoms with Crippen molar-refractivity contribution in [2.24, 2.45) is 0 Å². The van der Waals surface area contributed by atoms with Crippen molar-refractivity contribution in [3.8, 4) is 5.75 Å². The summed E-state index contributed by atoms with van der Waals surface area (Å²) in [5.74, 6) is 0.364. The van der Waals surface area contributed by atoms with Gasteiger partial charge < -0.3 is 25.6 Å². The number of hydrogen-bond acceptors (Lipinski definition) is 5. The van der Waals surface area contributed by atoms with E-state index in [1.165, 1.54) is 5.69 Å². The molecule has 0 aliphatic rings. The van der Waals surface area contributed by atoms with E-state index in [0.717, 1.165) is 56.2 Å². The van der Waals surface area contributed by atoms with Crippen LogP contribution in [0.2, 0.25) is 0 Å². The highest BCUT2D eigenvalue weighted by Gasteiger charge is 2.04. The van der Waals surface area contributed by atoms with Gasteiger partial charge >= 0.3 is 0 Å². The number of carbonyl (C=O) groups is 3. The Morgan fingerprint density at radius 1 is 0.415 bits per heavy atom. The monoisotopic (exact) mass is 862 g/mol. The standard InChI is InChI=1S/C20H22N2O.C19H19NO2.C18H17NO/c1-15(2)20(23)21-18-11-7-16(8-12-18)5-6-17-9-13-19(14-10-17)22(3)4;1-14(2)19(21)20-17-10-6-15(7-11-17)4-5-16-8-12-18(22-3)13-9-16;1-14(2)18(20)19-17-12-10-16(11-13-17)9-8-15-6-4-3-5-7-15/h5-14H,1H2,2-4H3,(H,21,23);4-13H,1H2,2-3H3,(H,20,21);3-13H,1H2,2H3,(H,19,20). The molecule has 8 heteroatoms. The van der Waals surface area contributed by atoms with Gasteiger partial charge in [-0.3, -0.25) is 14.4 Å². The van der Waals surface area contributed by atoms with Crippen molar-refractivity contribution in [2.45, 2.75) is 20.8 Å². The third kappa shape index (κ3) is 18.0. The molecule has 0 bridgehead atoms. The smallest absolute Gasteiger partial charge is 0.250 e. The quantitative estimate of drug-likeness (QED) is 0.0748. The van der Waals surface area contributed by atoms with Crippen LogP contribution in [0.1, 0.15) is 54.2 Å². The Hall–Kier alpha value is -8.23. The molecule has 0 aromatic heterocycles. The first-order valence-corrected chi connectivity index (χ1v) is 20.9. The summed E-state index contributed by atoms with van der Waals surface area (Å²) in [5, 5.41) is 8.35. The zero-order valence-electron chi connectivity index (χ0n) is 38.1. The molecule has 0 unspecified atom stereocenters. The van der Waals surface area contributed by atoms with E-state index in [4.69, 9.17) is 4.74 Å². The molecule has 6 aromatic carbocycles. The fourth-order valence-electron chi connectivity index (χ4n) is 5.49. The lowest BCUT2D eigenvalue weighted by atomic mass is 10.1. The van der Waals surface area contributed by atoms with Gasteiger partial charge in [0.25, 0.3) is 17.7 Å². The summed E-state index contributed by atoms with van der Waals surface area (Å²) in [6.45, 7) is 15.9. The maximum Gasteiger partial charge on any atom is 0.250 e. The molecule has 0 saturated carbocycles. The van der Waals surface area contributed by atoms with Crippen LogP contribution in [0, 0.1) is 0 Å². The van der Waals surface area contributed by atoms with Crippen LogP contribution in [-0.4, -0.2) is 38.9 Å². The maximum absolute atomic E-state index is 11.6. The van der Waals surface area contributed by atoms with Crippen molar-refractivity contribution >= 4 is 76.9 Å². The van der Waals surface area contributed by atoms with E-state index in [9.17, 15) is 14.4 Å². The summed E-state index contributed by atoms with van der Waals surface area (Å²) in [6.07, 6.45) is 12.3. The van der Waals surface area contributed by atoms with Crippen molar-refractivity contribution in [3.63, 3.8) is 0 Å². The highest BCUT2D eigenvalue weighted by atomic mass is 16.5. The molecule has 0 radical (unpaired) electrons. The second-order valence-electron chi connectivity index (χ2n) is 15.2. The van der Waals surface area contributed by atoms with Crippen molar-refractivity contribution < 1.29 is 19.1 Å². The van der Waals surface area contributed by atoms with Gasteiger partial charge in [-0.2, -0.15) is 0 Å². The first kappa shape index (κ1) is 49.4. The fourth-order valence-corrected chi connectivity index (χ4v) is 5.49. The summed E-state index contributed by atoms with van der Waals surface area (Å²) in [7, 11) is 5.71. The zero-order chi connectivity index (χ0) is 47.1. The van der Waals surface area contributed by atoms with E-state index in [0.29, 0.717) is 16.7 Å². The minimum Gasteiger partial charge on any atom is -0.497 e. The zero-order valence-corrected chi connectivity index (χ0v) is 38.1. The molecule has 0 aliphatic carbocycles. The van der Waals surface area contributed by atoms with Crippen LogP contribution >= 0.6 is 0 Å². The van der Waals surface area contributed by atoms with Crippen LogP contribution < -0.4 is 25.6 Å². The number of methoxy groups -OCH3 is 1. The summed E-state index contributed by atoms with van der Waals surface area (Å²) >= 11 is 0. The van der Waals surface area contributed by atoms with E-state index < -0.39 is 0 Å². The Morgan fingerprint density at radius 2 is 0.677 bits per heavy atom. The number of hydrogen-bond donors (Lipinski definition) is 3. The molecule has 6 rings (SSSR count). The Kier molecular flexibility index (Phi) is 19.5. The van der Waals surface area contributed by atoms with Gasteiger partial charge in [-0.05, 0) is 115 Å². The van der Waals surface area contributed by atoms with Gasteiger partial charge in [0.2, 0.25) is 0 Å². The Labute approximate surface area is 384 Å². The number of nitrogens with zero attached hydrogens (tertiary/aromatic N) is 1. The normalized spacial score (nSPS) is 10.5. The number of nitrogens with one attached hydrogen (secondary N) is 3. The van der Waals surface area contributed by atoms with Gasteiger partial charge in [0.1, 0.15) is 5.75 Å². The Bertz CT molecular complexity index is 2610. The number of carbonyl (C=O) groups excluding carboxylic acids is 3. The first-order chi connectivity index (χ1) is 31.2. The average Bonchev–Trinajstić information content (AvgIpc) is 3.31. The summed E-state index contributed by atoms with van der Waals surface area (Å²) < 4.78 is 5.13. The van der Waals surface area contributed by atoms with Gasteiger partial charge in [0.05, 0.1) is 7.11 Å². The second-order valence-corrected chi connectivity index (χ2v) is 15.2. The summed E-state index contributed by atoms with van der Waals surface area (Å²) in [6, 6.07) is 49.4. The lowest BCUT2D eigenvalue weighted by Gasteiger charge is -2.11. The Balaban J connectivity index is 0.000000214. The van der Waals surface area contributed by atoms with Gasteiger partial charge in [-0.1, -0.05) is 147 Å². The second kappa shape index (κ2) is 25.6. The lowest BCUT2D eigenvalue weighted by molar-refractivity contribution is -0.113. The summed E-state index contributed by atoms with van der Waals surface area (Å²) in [4.78, 5) is 36.6. The average molecular weight is 863 g/mol. The fraction of sp³-hybridized carbons (Fsp3) is 0.105. The maximum atomic E-state index is 11.6. The van der Waals surface area contributed by atoms with Crippen LogP contribution in [0.3, 0.4) is 0 Å². The minimum absolute atomic E-state index is 0.155. The number of rotatable bonds is 14. The van der Waals surface area contributed by atoms with Crippen molar-refractivity contribution in [3.05, 3.63) is 221 Å². The molecule has 0 fully saturated rings. The van der Waals surface area contributed by atoms with Crippen LogP contribution in [0.15, 0.2) is 188 Å². The first-order valence-electron chi connectivity index (χ1n) is 20.9. The van der Waals surface area contributed by atoms with Crippen molar-refractivity contribution in [1.82, 2.24) is 0 Å². The molecule has 6 aromatic rings. The molecule has 0 aliphatic heterocycles. The molecule has 0 spiro atoms. The Morgan fingerprint density at radius 3 is 0.938 bits per heavy atom. The molecule has 0 atom stereocenters. The van der Waals surface area contributed by atoms with Gasteiger partial charge in [-0.25, -0.2) is 0 Å². The molecule has 330 valence electrons. The summed E-state index contributed by atoms with van der Waals surface area (Å²) in [5.41, 5.74) is 11.6. The molecule has 0 saturated heterocycles. The van der Waals surface area contributed by atoms with Gasteiger partial charge in [0.15, 0.2) is 0 Å². The molecule has 3 amide bonds. The third-order valence-corrected chi connectivity index (χ3v) is 9.40. The van der Waals surface area contributed by atoms with E-state index in [1.54, 1.807) is 27.9 Å². The number of amides is 3. The number of anilines is 4. The van der Waals surface area contributed by atoms with E-state index in [1.807, 2.05) is 148 Å². The number of ether oxygens (including phenoxy) is 1. The molecular formula is C57H58N4O4. The van der Waals surface area contributed by atoms with Crippen LogP contribution in [0.5, 0.6) is 5.75 Å². The van der Waals surface area contributed by atoms with Crippen molar-refractivity contribution in [2.75, 3.05) is 42.1 Å². The van der Waals surface area contributed by atoms with E-state index in [-0.39, 0.29) is 17.7 Å². The van der Waals surface area contributed by atoms with E-state index in [2.05, 4.69) is 95.2 Å². The van der Waals surface area contributed by atoms with E-state index >= 15 is 0 Å². The minimum atomic E-state index is -0.165. The van der Waals surface area contributed by atoms with Crippen LogP contribution in [-0.2, 0) is 14.4 Å². The third-order valence-electron chi connectivity index (χ3n) is 9.40. The van der Waals surface area contributed by atoms with Crippen molar-refractivity contribution in [1.29, 1.82) is 0 Å². The van der Waals surface area contributed by atoms with Gasteiger partial charge in [0, 0.05) is 53.6 Å². The molecule has 65 heavy (non-hydrogen) atoms. The SMILES string of the molecule is C=C(C)C(=O)Nc1ccc(C=Cc2ccc(N(C)C)cc2)cc1.C=C(C)C(=O)Nc1ccc(C=Cc2ccc(OC)cc2)cc1.C=C(C)C(=O)Nc1ccc(C=Cc2ccccc2)cc1. The molecule has 0 heterocycles. The molecule has 8 nitrogen and oxygen atoms in total. The highest BCUT2D eigenvalue weighted by Crippen LogP contribution is 2.19. The molecule has 3 N–H and O–H groups in total. The number of benzene rings is 6. The predicted octanol–water partition coefficient (Wildman–Crippen LogP) is 13.2. The predicted molar refractivity (Wildman–Crippen MR) is 277 cm³/mol. The van der Waals surface area contributed by atoms with Crippen LogP contribution in [0.4, 0.5) is 22.7 Å². The highest BCUT2D eigenvalue weighted by molar-refractivity contribution is 6.04. The van der Waals surface area contributed by atoms with Gasteiger partial charge in [-0.15, -0.1) is 0 Å². The van der Waals surface area contributed by atoms with Crippen LogP contribution in [0.25, 0.3) is 36.5 Å². The topological polar surface area (TPSA) is 99.8 Å².